The zero-order chi connectivity index (χ0) is 20.7. The van der Waals surface area contributed by atoms with Crippen LogP contribution in [0.15, 0.2) is 57.0 Å². The number of para-hydroxylation sites is 1. The summed E-state index contributed by atoms with van der Waals surface area (Å²) in [5.74, 6) is 0.450. The van der Waals surface area contributed by atoms with Crippen molar-refractivity contribution in [3.63, 3.8) is 0 Å². The van der Waals surface area contributed by atoms with Crippen molar-refractivity contribution in [1.29, 1.82) is 0 Å². The number of nitrogens with one attached hydrogen (secondary N) is 1. The van der Waals surface area contributed by atoms with Gasteiger partial charge in [0.2, 0.25) is 0 Å². The van der Waals surface area contributed by atoms with Gasteiger partial charge in [0.1, 0.15) is 17.7 Å². The number of halogens is 1. The number of aromatic nitrogens is 4. The molecule has 1 aliphatic heterocycles. The Hall–Kier alpha value is -3.36. The van der Waals surface area contributed by atoms with Gasteiger partial charge in [-0.3, -0.25) is 9.69 Å². The minimum Gasteiger partial charge on any atom is -0.422 e. The maximum atomic E-state index is 12.7. The van der Waals surface area contributed by atoms with Crippen LogP contribution in [0.2, 0.25) is 5.02 Å². The summed E-state index contributed by atoms with van der Waals surface area (Å²) >= 11 is 6.51. The highest BCUT2D eigenvalue weighted by molar-refractivity contribution is 6.35. The predicted octanol–water partition coefficient (Wildman–Crippen LogP) is 2.55. The van der Waals surface area contributed by atoms with Gasteiger partial charge in [-0.05, 0) is 12.1 Å². The van der Waals surface area contributed by atoms with Crippen LogP contribution in [0.4, 0.5) is 0 Å². The fourth-order valence-electron chi connectivity index (χ4n) is 3.68. The van der Waals surface area contributed by atoms with Crippen LogP contribution in [-0.2, 0) is 19.5 Å². The fourth-order valence-corrected chi connectivity index (χ4v) is 3.98. The summed E-state index contributed by atoms with van der Waals surface area (Å²) in [6, 6.07) is 7.16. The van der Waals surface area contributed by atoms with Gasteiger partial charge in [-0.15, -0.1) is 0 Å². The Kier molecular flexibility index (Phi) is 4.65. The highest BCUT2D eigenvalue weighted by atomic mass is 35.5. The highest BCUT2D eigenvalue weighted by Gasteiger charge is 2.24. The molecule has 0 spiro atoms. The van der Waals surface area contributed by atoms with Gasteiger partial charge >= 0.3 is 5.63 Å². The molecule has 0 aliphatic carbocycles. The van der Waals surface area contributed by atoms with Gasteiger partial charge in [0.05, 0.1) is 27.4 Å². The summed E-state index contributed by atoms with van der Waals surface area (Å²) in [6.45, 7) is 1.29. The maximum absolute atomic E-state index is 12.7. The third kappa shape index (κ3) is 3.30. The minimum atomic E-state index is -0.462. The zero-order valence-corrected chi connectivity index (χ0v) is 16.5. The Balaban J connectivity index is 1.45. The van der Waals surface area contributed by atoms with Gasteiger partial charge in [0, 0.05) is 43.8 Å². The Bertz CT molecular complexity index is 1370. The number of H-pyrrole nitrogens is 1. The van der Waals surface area contributed by atoms with Crippen LogP contribution in [0.25, 0.3) is 22.4 Å². The van der Waals surface area contributed by atoms with Gasteiger partial charge < -0.3 is 9.40 Å². The lowest BCUT2D eigenvalue weighted by molar-refractivity contribution is 0.239. The van der Waals surface area contributed by atoms with Gasteiger partial charge in [0.15, 0.2) is 0 Å². The molecule has 0 atom stereocenters. The topological polar surface area (TPSA) is 105 Å². The van der Waals surface area contributed by atoms with Gasteiger partial charge in [-0.2, -0.15) is 0 Å². The molecule has 0 saturated carbocycles. The van der Waals surface area contributed by atoms with Crippen molar-refractivity contribution in [2.45, 2.75) is 19.5 Å². The van der Waals surface area contributed by atoms with Crippen LogP contribution < -0.4 is 11.2 Å². The first-order valence-electron chi connectivity index (χ1n) is 9.40. The first kappa shape index (κ1) is 18.7. The number of hydrogen-bond donors (Lipinski definition) is 1. The van der Waals surface area contributed by atoms with Crippen LogP contribution in [0.3, 0.4) is 0 Å². The molecule has 1 aliphatic rings. The Morgan fingerprint density at radius 2 is 1.97 bits per heavy atom. The van der Waals surface area contributed by atoms with E-state index in [1.807, 2.05) is 17.0 Å². The van der Waals surface area contributed by atoms with E-state index in [4.69, 9.17) is 16.0 Å². The second-order valence-electron chi connectivity index (χ2n) is 7.11. The molecule has 150 valence electrons. The van der Waals surface area contributed by atoms with Gasteiger partial charge in [-0.25, -0.2) is 19.7 Å². The summed E-state index contributed by atoms with van der Waals surface area (Å²) in [5.41, 5.74) is 2.16. The SMILES string of the molecule is O=c1[nH]c(-c2cncnc2)nc2c1CN(Cc1c(Cl)c3ccccc3oc1=O)CC2. The Labute approximate surface area is 175 Å². The van der Waals surface area contributed by atoms with Crippen molar-refractivity contribution in [2.24, 2.45) is 0 Å². The lowest BCUT2D eigenvalue weighted by Crippen LogP contribution is -2.36. The highest BCUT2D eigenvalue weighted by Crippen LogP contribution is 2.27. The summed E-state index contributed by atoms with van der Waals surface area (Å²) in [5, 5.41) is 1.08. The Morgan fingerprint density at radius 1 is 1.17 bits per heavy atom. The number of aromatic amines is 1. The van der Waals surface area contributed by atoms with E-state index in [-0.39, 0.29) is 5.56 Å². The van der Waals surface area contributed by atoms with E-state index < -0.39 is 5.63 Å². The number of nitrogens with zero attached hydrogens (tertiary/aromatic N) is 4. The quantitative estimate of drug-likeness (QED) is 0.507. The van der Waals surface area contributed by atoms with E-state index in [9.17, 15) is 9.59 Å². The first-order valence-corrected chi connectivity index (χ1v) is 9.78. The smallest absolute Gasteiger partial charge is 0.342 e. The van der Waals surface area contributed by atoms with Crippen molar-refractivity contribution >= 4 is 22.6 Å². The lowest BCUT2D eigenvalue weighted by Gasteiger charge is -2.27. The van der Waals surface area contributed by atoms with E-state index >= 15 is 0 Å². The van der Waals surface area contributed by atoms with Crippen molar-refractivity contribution < 1.29 is 4.42 Å². The van der Waals surface area contributed by atoms with E-state index in [1.165, 1.54) is 6.33 Å². The van der Waals surface area contributed by atoms with Crippen molar-refractivity contribution in [2.75, 3.05) is 6.54 Å². The molecule has 30 heavy (non-hydrogen) atoms. The van der Waals surface area contributed by atoms with Crippen molar-refractivity contribution in [3.05, 3.63) is 85.6 Å². The van der Waals surface area contributed by atoms with Gasteiger partial charge in [-0.1, -0.05) is 23.7 Å². The monoisotopic (exact) mass is 421 g/mol. The molecular weight excluding hydrogens is 406 g/mol. The molecule has 0 bridgehead atoms. The summed E-state index contributed by atoms with van der Waals surface area (Å²) in [4.78, 5) is 42.5. The molecule has 0 fully saturated rings. The number of rotatable bonds is 3. The molecule has 1 N–H and O–H groups in total. The number of hydrogen-bond acceptors (Lipinski definition) is 7. The van der Waals surface area contributed by atoms with Crippen LogP contribution >= 0.6 is 11.6 Å². The minimum absolute atomic E-state index is 0.208. The third-order valence-electron chi connectivity index (χ3n) is 5.20. The average molecular weight is 422 g/mol. The maximum Gasteiger partial charge on any atom is 0.342 e. The first-order chi connectivity index (χ1) is 14.6. The van der Waals surface area contributed by atoms with Crippen molar-refractivity contribution in [1.82, 2.24) is 24.8 Å². The molecule has 4 aromatic rings. The molecule has 3 aromatic heterocycles. The summed E-state index contributed by atoms with van der Waals surface area (Å²) in [7, 11) is 0. The second-order valence-corrected chi connectivity index (χ2v) is 7.48. The molecular formula is C21H16ClN5O3. The van der Waals surface area contributed by atoms with Crippen LogP contribution in [0.1, 0.15) is 16.8 Å². The molecule has 0 radical (unpaired) electrons. The van der Waals surface area contributed by atoms with E-state index in [0.29, 0.717) is 64.6 Å². The molecule has 9 heteroatoms. The molecule has 0 saturated heterocycles. The largest absolute Gasteiger partial charge is 0.422 e. The molecule has 8 nitrogen and oxygen atoms in total. The standard InChI is InChI=1S/C21H16ClN5O3/c22-18-13-3-1-2-4-17(13)30-21(29)15(18)10-27-6-5-16-14(9-27)20(28)26-19(25-16)12-7-23-11-24-8-12/h1-4,7-8,11H,5-6,9-10H2,(H,25,26,28). The number of fused-ring (bicyclic) bond motifs is 2. The summed E-state index contributed by atoms with van der Waals surface area (Å²) < 4.78 is 5.41. The fraction of sp³-hybridized carbons (Fsp3) is 0.190. The molecule has 4 heterocycles. The van der Waals surface area contributed by atoms with E-state index in [2.05, 4.69) is 19.9 Å². The molecule has 0 amide bonds. The predicted molar refractivity (Wildman–Crippen MR) is 111 cm³/mol. The summed E-state index contributed by atoms with van der Waals surface area (Å²) in [6.07, 6.45) is 5.21. The molecule has 0 unspecified atom stereocenters. The zero-order valence-electron chi connectivity index (χ0n) is 15.8. The van der Waals surface area contributed by atoms with E-state index in [1.54, 1.807) is 24.5 Å². The van der Waals surface area contributed by atoms with Crippen LogP contribution in [0.5, 0.6) is 0 Å². The second kappa shape index (κ2) is 7.47. The van der Waals surface area contributed by atoms with Crippen LogP contribution in [-0.4, -0.2) is 31.4 Å². The third-order valence-corrected chi connectivity index (χ3v) is 5.63. The Morgan fingerprint density at radius 3 is 2.80 bits per heavy atom. The van der Waals surface area contributed by atoms with E-state index in [0.717, 1.165) is 5.69 Å². The van der Waals surface area contributed by atoms with Crippen LogP contribution in [0, 0.1) is 0 Å². The molecule has 5 rings (SSSR count). The normalized spacial score (nSPS) is 14.0. The number of benzene rings is 1. The van der Waals surface area contributed by atoms with Gasteiger partial charge in [0.25, 0.3) is 5.56 Å². The molecule has 1 aromatic carbocycles. The average Bonchev–Trinajstić information content (AvgIpc) is 2.77. The van der Waals surface area contributed by atoms with Crippen molar-refractivity contribution in [3.8, 4) is 11.4 Å². The lowest BCUT2D eigenvalue weighted by atomic mass is 10.1.